The SMILES string of the molecule is CCCC(C)CC(C)CC(C)(C)C1CCC2CCCCC2C1. The molecule has 5 unspecified atom stereocenters. The number of fused-ring (bicyclic) bond motifs is 1. The fraction of sp³-hybridized carbons (Fsp3) is 1.00. The van der Waals surface area contributed by atoms with Crippen LogP contribution in [0.4, 0.5) is 0 Å². The maximum Gasteiger partial charge on any atom is -0.0323 e. The summed E-state index contributed by atoms with van der Waals surface area (Å²) in [5, 5.41) is 0. The van der Waals surface area contributed by atoms with Gasteiger partial charge >= 0.3 is 0 Å². The quantitative estimate of drug-likeness (QED) is 0.457. The Kier molecular flexibility index (Phi) is 6.84. The minimum atomic E-state index is 0.563. The third-order valence-corrected chi connectivity index (χ3v) is 7.11. The summed E-state index contributed by atoms with van der Waals surface area (Å²) in [6.45, 7) is 12.5. The molecular weight excluding hydrogens is 264 g/mol. The molecule has 0 saturated heterocycles. The fourth-order valence-electron chi connectivity index (χ4n) is 6.03. The number of rotatable bonds is 7. The molecule has 0 amide bonds. The number of hydrogen-bond acceptors (Lipinski definition) is 0. The van der Waals surface area contributed by atoms with E-state index in [9.17, 15) is 0 Å². The highest BCUT2D eigenvalue weighted by atomic mass is 14.4. The van der Waals surface area contributed by atoms with E-state index in [0.29, 0.717) is 5.41 Å². The van der Waals surface area contributed by atoms with Crippen LogP contribution in [0.25, 0.3) is 0 Å². The molecule has 0 nitrogen and oxygen atoms in total. The van der Waals surface area contributed by atoms with Crippen LogP contribution in [0.5, 0.6) is 0 Å². The van der Waals surface area contributed by atoms with Crippen LogP contribution in [0.1, 0.15) is 105 Å². The first-order valence-electron chi connectivity index (χ1n) is 10.4. The molecule has 0 bridgehead atoms. The number of hydrogen-bond donors (Lipinski definition) is 0. The standard InChI is InChI=1S/C22H42/c1-6-9-17(2)14-18(3)16-22(4,5)21-13-12-19-10-7-8-11-20(19)15-21/h17-21H,6-16H2,1-5H3. The smallest absolute Gasteiger partial charge is 0.0323 e. The van der Waals surface area contributed by atoms with Gasteiger partial charge in [-0.1, -0.05) is 73.1 Å². The average Bonchev–Trinajstić information content (AvgIpc) is 2.46. The Morgan fingerprint density at radius 2 is 1.59 bits per heavy atom. The summed E-state index contributed by atoms with van der Waals surface area (Å²) in [7, 11) is 0. The third-order valence-electron chi connectivity index (χ3n) is 7.11. The second kappa shape index (κ2) is 8.20. The van der Waals surface area contributed by atoms with Crippen molar-refractivity contribution < 1.29 is 0 Å². The maximum absolute atomic E-state index is 2.59. The van der Waals surface area contributed by atoms with Crippen molar-refractivity contribution in [3.63, 3.8) is 0 Å². The second-order valence-electron chi connectivity index (χ2n) is 9.74. The zero-order valence-corrected chi connectivity index (χ0v) is 16.2. The third kappa shape index (κ3) is 5.00. The molecular formula is C22H42. The minimum absolute atomic E-state index is 0.563. The van der Waals surface area contributed by atoms with Crippen LogP contribution in [-0.2, 0) is 0 Å². The zero-order valence-electron chi connectivity index (χ0n) is 16.2. The molecule has 2 fully saturated rings. The first-order valence-corrected chi connectivity index (χ1v) is 10.4. The molecule has 22 heavy (non-hydrogen) atoms. The lowest BCUT2D eigenvalue weighted by Crippen LogP contribution is -2.35. The molecule has 2 aliphatic rings. The van der Waals surface area contributed by atoms with E-state index in [1.807, 2.05) is 0 Å². The van der Waals surface area contributed by atoms with Crippen molar-refractivity contribution in [1.29, 1.82) is 0 Å². The van der Waals surface area contributed by atoms with Gasteiger partial charge in [0, 0.05) is 0 Å². The van der Waals surface area contributed by atoms with Gasteiger partial charge in [0.25, 0.3) is 0 Å². The Labute approximate surface area is 140 Å². The van der Waals surface area contributed by atoms with Crippen LogP contribution in [0.15, 0.2) is 0 Å². The van der Waals surface area contributed by atoms with Crippen LogP contribution < -0.4 is 0 Å². The average molecular weight is 307 g/mol. The van der Waals surface area contributed by atoms with Gasteiger partial charge in [-0.2, -0.15) is 0 Å². The lowest BCUT2D eigenvalue weighted by atomic mass is 9.59. The van der Waals surface area contributed by atoms with E-state index in [4.69, 9.17) is 0 Å². The van der Waals surface area contributed by atoms with E-state index < -0.39 is 0 Å². The van der Waals surface area contributed by atoms with Crippen molar-refractivity contribution in [2.75, 3.05) is 0 Å². The molecule has 0 aromatic carbocycles. The van der Waals surface area contributed by atoms with Gasteiger partial charge in [-0.3, -0.25) is 0 Å². The summed E-state index contributed by atoms with van der Waals surface area (Å²) >= 11 is 0. The Bertz CT molecular complexity index is 316. The predicted octanol–water partition coefficient (Wildman–Crippen LogP) is 7.47. The molecule has 0 radical (unpaired) electrons. The predicted molar refractivity (Wildman–Crippen MR) is 99.0 cm³/mol. The van der Waals surface area contributed by atoms with Crippen molar-refractivity contribution in [1.82, 2.24) is 0 Å². The van der Waals surface area contributed by atoms with Gasteiger partial charge in [0.2, 0.25) is 0 Å². The Hall–Kier alpha value is 0. The van der Waals surface area contributed by atoms with Crippen molar-refractivity contribution in [2.45, 2.75) is 105 Å². The molecule has 0 heterocycles. The highest BCUT2D eigenvalue weighted by Gasteiger charge is 2.39. The molecule has 2 saturated carbocycles. The summed E-state index contributed by atoms with van der Waals surface area (Å²) < 4.78 is 0. The molecule has 0 aromatic heterocycles. The molecule has 0 spiro atoms. The van der Waals surface area contributed by atoms with Gasteiger partial charge in [0.15, 0.2) is 0 Å². The first kappa shape index (κ1) is 18.3. The van der Waals surface area contributed by atoms with E-state index in [2.05, 4.69) is 34.6 Å². The summed E-state index contributed by atoms with van der Waals surface area (Å²) in [6.07, 6.45) is 16.4. The fourth-order valence-corrected chi connectivity index (χ4v) is 6.03. The van der Waals surface area contributed by atoms with E-state index >= 15 is 0 Å². The summed E-state index contributed by atoms with van der Waals surface area (Å²) in [4.78, 5) is 0. The summed E-state index contributed by atoms with van der Waals surface area (Å²) in [6, 6.07) is 0. The maximum atomic E-state index is 2.59. The van der Waals surface area contributed by atoms with E-state index in [-0.39, 0.29) is 0 Å². The van der Waals surface area contributed by atoms with Gasteiger partial charge in [-0.15, -0.1) is 0 Å². The molecule has 5 atom stereocenters. The van der Waals surface area contributed by atoms with Gasteiger partial charge in [-0.25, -0.2) is 0 Å². The first-order chi connectivity index (χ1) is 10.4. The molecule has 0 aromatic rings. The van der Waals surface area contributed by atoms with E-state index in [1.54, 1.807) is 25.7 Å². The van der Waals surface area contributed by atoms with Crippen LogP contribution in [-0.4, -0.2) is 0 Å². The van der Waals surface area contributed by atoms with Crippen LogP contribution in [0.2, 0.25) is 0 Å². The van der Waals surface area contributed by atoms with Crippen molar-refractivity contribution in [2.24, 2.45) is 35.0 Å². The zero-order chi connectivity index (χ0) is 16.2. The minimum Gasteiger partial charge on any atom is -0.0654 e. The Morgan fingerprint density at radius 1 is 0.909 bits per heavy atom. The van der Waals surface area contributed by atoms with Gasteiger partial charge in [0.05, 0.1) is 0 Å². The van der Waals surface area contributed by atoms with Gasteiger partial charge < -0.3 is 0 Å². The molecule has 0 aliphatic heterocycles. The monoisotopic (exact) mass is 306 g/mol. The summed E-state index contributed by atoms with van der Waals surface area (Å²) in [5.74, 6) is 5.00. The highest BCUT2D eigenvalue weighted by Crippen LogP contribution is 2.50. The van der Waals surface area contributed by atoms with Gasteiger partial charge in [0.1, 0.15) is 0 Å². The van der Waals surface area contributed by atoms with Crippen molar-refractivity contribution in [3.05, 3.63) is 0 Å². The summed E-state index contributed by atoms with van der Waals surface area (Å²) in [5.41, 5.74) is 0.563. The molecule has 2 rings (SSSR count). The van der Waals surface area contributed by atoms with Crippen LogP contribution in [0.3, 0.4) is 0 Å². The molecule has 0 N–H and O–H groups in total. The Morgan fingerprint density at radius 3 is 2.27 bits per heavy atom. The van der Waals surface area contributed by atoms with Crippen LogP contribution >= 0.6 is 0 Å². The van der Waals surface area contributed by atoms with Crippen molar-refractivity contribution in [3.8, 4) is 0 Å². The largest absolute Gasteiger partial charge is 0.0654 e. The Balaban J connectivity index is 1.84. The molecule has 2 aliphatic carbocycles. The van der Waals surface area contributed by atoms with Crippen LogP contribution in [0, 0.1) is 35.0 Å². The topological polar surface area (TPSA) is 0 Å². The molecule has 130 valence electrons. The van der Waals surface area contributed by atoms with E-state index in [0.717, 1.165) is 29.6 Å². The van der Waals surface area contributed by atoms with Crippen molar-refractivity contribution >= 4 is 0 Å². The second-order valence-corrected chi connectivity index (χ2v) is 9.74. The van der Waals surface area contributed by atoms with Gasteiger partial charge in [-0.05, 0) is 67.1 Å². The normalized spacial score (nSPS) is 32.3. The lowest BCUT2D eigenvalue weighted by Gasteiger charge is -2.46. The highest BCUT2D eigenvalue weighted by molar-refractivity contribution is 4.89. The molecule has 0 heteroatoms. The van der Waals surface area contributed by atoms with E-state index in [1.165, 1.54) is 44.9 Å². The lowest BCUT2D eigenvalue weighted by molar-refractivity contribution is 0.0476.